The smallest absolute Gasteiger partial charge is 0.253 e. The fourth-order valence-electron chi connectivity index (χ4n) is 3.23. The van der Waals surface area contributed by atoms with Gasteiger partial charge in [0.05, 0.1) is 4.90 Å². The number of carbonyl (C=O) groups is 1. The molecule has 5 nitrogen and oxygen atoms in total. The number of hydrogen-bond acceptors (Lipinski definition) is 4. The van der Waals surface area contributed by atoms with Crippen LogP contribution in [0.5, 0.6) is 0 Å². The van der Waals surface area contributed by atoms with Gasteiger partial charge < -0.3 is 9.80 Å². The molecule has 0 N–H and O–H groups in total. The van der Waals surface area contributed by atoms with Crippen LogP contribution in [-0.4, -0.2) is 63.6 Å². The Bertz CT molecular complexity index is 888. The highest BCUT2D eigenvalue weighted by atomic mass is 32.2. The van der Waals surface area contributed by atoms with Crippen molar-refractivity contribution >= 4 is 15.7 Å². The van der Waals surface area contributed by atoms with E-state index in [1.165, 1.54) is 6.26 Å². The number of hydrogen-bond donors (Lipinski definition) is 0. The summed E-state index contributed by atoms with van der Waals surface area (Å²) in [4.78, 5) is 17.0. The van der Waals surface area contributed by atoms with Gasteiger partial charge in [-0.15, -0.1) is 0 Å². The van der Waals surface area contributed by atoms with E-state index in [0.29, 0.717) is 16.5 Å². The van der Waals surface area contributed by atoms with E-state index in [0.717, 1.165) is 30.6 Å². The van der Waals surface area contributed by atoms with Gasteiger partial charge in [-0.3, -0.25) is 4.79 Å². The topological polar surface area (TPSA) is 57.7 Å². The summed E-state index contributed by atoms with van der Waals surface area (Å²) >= 11 is 0. The molecule has 0 unspecified atom stereocenters. The molecule has 0 aromatic heterocycles. The van der Waals surface area contributed by atoms with Crippen molar-refractivity contribution in [1.82, 2.24) is 9.80 Å². The number of sulfone groups is 1. The number of likely N-dealkylation sites (N-methyl/N-ethyl adjacent to an activating group) is 1. The maximum atomic E-state index is 12.7. The van der Waals surface area contributed by atoms with Crippen LogP contribution in [0.2, 0.25) is 0 Å². The summed E-state index contributed by atoms with van der Waals surface area (Å²) in [5.74, 6) is 0.0633. The van der Waals surface area contributed by atoms with Crippen LogP contribution in [0.3, 0.4) is 0 Å². The molecular formula is C20H24N2O3S. The summed E-state index contributed by atoms with van der Waals surface area (Å²) in [5, 5.41) is 0. The lowest BCUT2D eigenvalue weighted by atomic mass is 10.0. The zero-order chi connectivity index (χ0) is 18.9. The summed E-state index contributed by atoms with van der Waals surface area (Å²) < 4.78 is 23.1. The molecule has 0 bridgehead atoms. The van der Waals surface area contributed by atoms with Gasteiger partial charge in [0, 0.05) is 31.0 Å². The lowest BCUT2D eigenvalue weighted by molar-refractivity contribution is 0.0783. The molecule has 0 aliphatic carbocycles. The fraction of sp³-hybridized carbons (Fsp3) is 0.350. The van der Waals surface area contributed by atoms with Gasteiger partial charge in [0.2, 0.25) is 0 Å². The van der Waals surface area contributed by atoms with Crippen molar-refractivity contribution in [3.8, 4) is 11.1 Å². The third kappa shape index (κ3) is 3.97. The molecule has 1 aliphatic heterocycles. The third-order valence-corrected chi connectivity index (χ3v) is 6.06. The van der Waals surface area contributed by atoms with Crippen molar-refractivity contribution in [3.05, 3.63) is 54.1 Å². The predicted molar refractivity (Wildman–Crippen MR) is 103 cm³/mol. The molecule has 1 amide bonds. The standard InChI is InChI=1S/C20H24N2O3S/c1-21(2)18-12-13-22(14-18)20(23)17-6-4-15(5-7-17)16-8-10-19(11-9-16)26(3,24)25/h4-11,18H,12-14H2,1-3H3/t18-/m1/s1. The van der Waals surface area contributed by atoms with Crippen LogP contribution in [0.1, 0.15) is 16.8 Å². The number of nitrogens with zero attached hydrogens (tertiary/aromatic N) is 2. The van der Waals surface area contributed by atoms with Crippen molar-refractivity contribution in [2.75, 3.05) is 33.4 Å². The second-order valence-electron chi connectivity index (χ2n) is 7.03. The van der Waals surface area contributed by atoms with Gasteiger partial charge >= 0.3 is 0 Å². The van der Waals surface area contributed by atoms with Gasteiger partial charge in [0.15, 0.2) is 9.84 Å². The van der Waals surface area contributed by atoms with E-state index in [4.69, 9.17) is 0 Å². The second kappa shape index (κ2) is 7.21. The summed E-state index contributed by atoms with van der Waals surface area (Å²) in [5.41, 5.74) is 2.56. The largest absolute Gasteiger partial charge is 0.337 e. The molecule has 1 saturated heterocycles. The molecule has 2 aromatic rings. The maximum Gasteiger partial charge on any atom is 0.253 e. The average Bonchev–Trinajstić information content (AvgIpc) is 3.11. The molecule has 26 heavy (non-hydrogen) atoms. The maximum absolute atomic E-state index is 12.7. The van der Waals surface area contributed by atoms with Gasteiger partial charge in [-0.2, -0.15) is 0 Å². The molecular weight excluding hydrogens is 348 g/mol. The minimum atomic E-state index is -3.19. The van der Waals surface area contributed by atoms with Crippen molar-refractivity contribution in [3.63, 3.8) is 0 Å². The van der Waals surface area contributed by atoms with E-state index >= 15 is 0 Å². The van der Waals surface area contributed by atoms with E-state index < -0.39 is 9.84 Å². The Morgan fingerprint density at radius 2 is 1.54 bits per heavy atom. The molecule has 0 radical (unpaired) electrons. The van der Waals surface area contributed by atoms with E-state index in [1.807, 2.05) is 43.3 Å². The normalized spacial score (nSPS) is 17.7. The van der Waals surface area contributed by atoms with Crippen molar-refractivity contribution in [2.45, 2.75) is 17.4 Å². The molecule has 6 heteroatoms. The summed E-state index contributed by atoms with van der Waals surface area (Å²) in [6.07, 6.45) is 2.20. The molecule has 0 spiro atoms. The molecule has 1 heterocycles. The average molecular weight is 372 g/mol. The first-order valence-electron chi connectivity index (χ1n) is 8.62. The van der Waals surface area contributed by atoms with Crippen LogP contribution >= 0.6 is 0 Å². The van der Waals surface area contributed by atoms with E-state index in [9.17, 15) is 13.2 Å². The number of amides is 1. The van der Waals surface area contributed by atoms with Crippen LogP contribution < -0.4 is 0 Å². The lowest BCUT2D eigenvalue weighted by Crippen LogP contribution is -2.34. The Balaban J connectivity index is 1.73. The Morgan fingerprint density at radius 3 is 2.00 bits per heavy atom. The Kier molecular flexibility index (Phi) is 5.16. The van der Waals surface area contributed by atoms with Crippen molar-refractivity contribution in [2.24, 2.45) is 0 Å². The molecule has 1 fully saturated rings. The molecule has 2 aromatic carbocycles. The zero-order valence-corrected chi connectivity index (χ0v) is 16.2. The Hall–Kier alpha value is -2.18. The SMILES string of the molecule is CN(C)[C@@H]1CCN(C(=O)c2ccc(-c3ccc(S(C)(=O)=O)cc3)cc2)C1. The van der Waals surface area contributed by atoms with Crippen molar-refractivity contribution in [1.29, 1.82) is 0 Å². The quantitative estimate of drug-likeness (QED) is 0.828. The zero-order valence-electron chi connectivity index (χ0n) is 15.3. The first-order valence-corrected chi connectivity index (χ1v) is 10.5. The Morgan fingerprint density at radius 1 is 1.00 bits per heavy atom. The second-order valence-corrected chi connectivity index (χ2v) is 9.05. The highest BCUT2D eigenvalue weighted by Gasteiger charge is 2.27. The number of benzene rings is 2. The Labute approximate surface area is 155 Å². The summed E-state index contributed by atoms with van der Waals surface area (Å²) in [6, 6.07) is 14.7. The first-order chi connectivity index (χ1) is 12.3. The first kappa shape index (κ1) is 18.6. The highest BCUT2D eigenvalue weighted by Crippen LogP contribution is 2.23. The van der Waals surface area contributed by atoms with Crippen LogP contribution in [0, 0.1) is 0 Å². The molecule has 1 aliphatic rings. The lowest BCUT2D eigenvalue weighted by Gasteiger charge is -2.20. The van der Waals surface area contributed by atoms with Crippen LogP contribution in [0.25, 0.3) is 11.1 Å². The van der Waals surface area contributed by atoms with Gasteiger partial charge in [0.1, 0.15) is 0 Å². The molecule has 138 valence electrons. The minimum Gasteiger partial charge on any atom is -0.337 e. The molecule has 3 rings (SSSR count). The van der Waals surface area contributed by atoms with E-state index in [1.54, 1.807) is 24.3 Å². The third-order valence-electron chi connectivity index (χ3n) is 4.93. The van der Waals surface area contributed by atoms with Gasteiger partial charge in [-0.1, -0.05) is 24.3 Å². The monoisotopic (exact) mass is 372 g/mol. The van der Waals surface area contributed by atoms with Gasteiger partial charge in [0.25, 0.3) is 5.91 Å². The van der Waals surface area contributed by atoms with Gasteiger partial charge in [-0.25, -0.2) is 8.42 Å². The van der Waals surface area contributed by atoms with Crippen LogP contribution in [0.4, 0.5) is 0 Å². The number of likely N-dealkylation sites (tertiary alicyclic amines) is 1. The molecule has 1 atom stereocenters. The summed E-state index contributed by atoms with van der Waals surface area (Å²) in [7, 11) is 0.895. The minimum absolute atomic E-state index is 0.0633. The molecule has 0 saturated carbocycles. The predicted octanol–water partition coefficient (Wildman–Crippen LogP) is 2.53. The van der Waals surface area contributed by atoms with Crippen LogP contribution in [0.15, 0.2) is 53.4 Å². The van der Waals surface area contributed by atoms with Gasteiger partial charge in [-0.05, 0) is 55.9 Å². The van der Waals surface area contributed by atoms with Crippen LogP contribution in [-0.2, 0) is 9.84 Å². The number of carbonyl (C=O) groups excluding carboxylic acids is 1. The van der Waals surface area contributed by atoms with Crippen molar-refractivity contribution < 1.29 is 13.2 Å². The number of rotatable bonds is 4. The highest BCUT2D eigenvalue weighted by molar-refractivity contribution is 7.90. The van der Waals surface area contributed by atoms with E-state index in [-0.39, 0.29) is 5.91 Å². The fourth-order valence-corrected chi connectivity index (χ4v) is 3.86. The summed E-state index contributed by atoms with van der Waals surface area (Å²) in [6.45, 7) is 1.55. The van der Waals surface area contributed by atoms with E-state index in [2.05, 4.69) is 4.90 Å².